The number of aromatic nitrogens is 2. The van der Waals surface area contributed by atoms with Crippen LogP contribution in [0, 0.1) is 0 Å². The molecule has 0 N–H and O–H groups in total. The van der Waals surface area contributed by atoms with E-state index in [1.807, 2.05) is 23.9 Å². The summed E-state index contributed by atoms with van der Waals surface area (Å²) in [6.45, 7) is 0.943. The van der Waals surface area contributed by atoms with Crippen molar-refractivity contribution >= 4 is 11.3 Å². The monoisotopic (exact) mass is 370 g/mol. The Labute approximate surface area is 164 Å². The lowest BCUT2D eigenvalue weighted by molar-refractivity contribution is 0.375. The molecule has 3 heteroatoms. The van der Waals surface area contributed by atoms with Gasteiger partial charge in [-0.15, -0.1) is 11.3 Å². The van der Waals surface area contributed by atoms with Crippen molar-refractivity contribution in [2.45, 2.75) is 31.2 Å². The van der Waals surface area contributed by atoms with Crippen molar-refractivity contribution in [1.82, 2.24) is 9.55 Å². The number of imidazole rings is 1. The molecule has 5 rings (SSSR count). The lowest BCUT2D eigenvalue weighted by atomic mass is 9.68. The van der Waals surface area contributed by atoms with Crippen molar-refractivity contribution in [1.29, 1.82) is 0 Å². The van der Waals surface area contributed by atoms with E-state index in [1.54, 1.807) is 0 Å². The summed E-state index contributed by atoms with van der Waals surface area (Å²) in [5, 5.41) is 2.32. The molecular weight excluding hydrogens is 348 g/mol. The Morgan fingerprint density at radius 1 is 1.00 bits per heavy atom. The van der Waals surface area contributed by atoms with E-state index < -0.39 is 0 Å². The maximum Gasteiger partial charge on any atom is 0.0946 e. The molecule has 2 heterocycles. The lowest BCUT2D eigenvalue weighted by Gasteiger charge is -2.39. The molecule has 4 aromatic rings. The van der Waals surface area contributed by atoms with Crippen LogP contribution in [0.2, 0.25) is 0 Å². The van der Waals surface area contributed by atoms with E-state index in [9.17, 15) is 0 Å². The summed E-state index contributed by atoms with van der Waals surface area (Å²) in [5.41, 5.74) is 5.63. The number of benzene rings is 2. The molecular formula is C24H22N2S. The highest BCUT2D eigenvalue weighted by Gasteiger charge is 2.39. The summed E-state index contributed by atoms with van der Waals surface area (Å²) in [6, 6.07) is 22.1. The fourth-order valence-corrected chi connectivity index (χ4v) is 5.63. The van der Waals surface area contributed by atoms with E-state index in [2.05, 4.69) is 81.8 Å². The zero-order valence-electron chi connectivity index (χ0n) is 15.2. The van der Waals surface area contributed by atoms with Crippen molar-refractivity contribution in [3.05, 3.63) is 101 Å². The van der Waals surface area contributed by atoms with Gasteiger partial charge in [0.2, 0.25) is 0 Å². The molecule has 1 atom stereocenters. The normalized spacial score (nSPS) is 19.0. The zero-order valence-corrected chi connectivity index (χ0v) is 16.0. The first-order valence-corrected chi connectivity index (χ1v) is 10.4. The third kappa shape index (κ3) is 2.92. The first-order valence-electron chi connectivity index (χ1n) is 9.54. The van der Waals surface area contributed by atoms with Crippen molar-refractivity contribution in [2.24, 2.45) is 0 Å². The molecule has 0 spiro atoms. The van der Waals surface area contributed by atoms with Gasteiger partial charge in [-0.2, -0.15) is 0 Å². The summed E-state index contributed by atoms with van der Waals surface area (Å²) in [6.07, 6.45) is 9.50. The average molecular weight is 371 g/mol. The van der Waals surface area contributed by atoms with Gasteiger partial charge < -0.3 is 4.57 Å². The smallest absolute Gasteiger partial charge is 0.0946 e. The van der Waals surface area contributed by atoms with Crippen molar-refractivity contribution < 1.29 is 0 Å². The minimum atomic E-state index is 0.0211. The number of thiophene rings is 1. The maximum atomic E-state index is 4.29. The Kier molecular flexibility index (Phi) is 4.17. The van der Waals surface area contributed by atoms with Crippen LogP contribution < -0.4 is 0 Å². The standard InChI is InChI=1S/C24H22N2S/c1-2-7-19(8-3-1)21-15-23(27-16-21)24(17-26-14-13-25-18-26)12-6-10-20-9-4-5-11-22(20)24/h1-5,7-9,11,13-16,18H,6,10,12,17H2. The first kappa shape index (κ1) is 16.5. The first-order chi connectivity index (χ1) is 13.4. The highest BCUT2D eigenvalue weighted by atomic mass is 32.1. The Morgan fingerprint density at radius 2 is 1.85 bits per heavy atom. The molecule has 1 aliphatic rings. The number of nitrogens with zero attached hydrogens (tertiary/aromatic N) is 2. The molecule has 0 radical (unpaired) electrons. The number of fused-ring (bicyclic) bond motifs is 1. The highest BCUT2D eigenvalue weighted by Crippen LogP contribution is 2.47. The maximum absolute atomic E-state index is 4.29. The molecule has 1 aliphatic carbocycles. The number of rotatable bonds is 4. The van der Waals surface area contributed by atoms with Gasteiger partial charge in [-0.25, -0.2) is 4.98 Å². The van der Waals surface area contributed by atoms with E-state index in [0.29, 0.717) is 0 Å². The van der Waals surface area contributed by atoms with Crippen LogP contribution in [0.25, 0.3) is 11.1 Å². The van der Waals surface area contributed by atoms with Gasteiger partial charge in [0.15, 0.2) is 0 Å². The topological polar surface area (TPSA) is 17.8 Å². The molecule has 2 nitrogen and oxygen atoms in total. The van der Waals surface area contributed by atoms with Gasteiger partial charge in [-0.1, -0.05) is 54.6 Å². The van der Waals surface area contributed by atoms with E-state index in [1.165, 1.54) is 46.4 Å². The largest absolute Gasteiger partial charge is 0.336 e. The van der Waals surface area contributed by atoms with Gasteiger partial charge in [0, 0.05) is 29.2 Å². The molecule has 27 heavy (non-hydrogen) atoms. The molecule has 134 valence electrons. The Balaban J connectivity index is 1.65. The van der Waals surface area contributed by atoms with E-state index in [-0.39, 0.29) is 5.41 Å². The second kappa shape index (κ2) is 6.82. The molecule has 0 aliphatic heterocycles. The number of hydrogen-bond acceptors (Lipinski definition) is 2. The second-order valence-electron chi connectivity index (χ2n) is 7.39. The molecule has 2 aromatic heterocycles. The molecule has 1 unspecified atom stereocenters. The van der Waals surface area contributed by atoms with E-state index in [4.69, 9.17) is 0 Å². The molecule has 0 fully saturated rings. The van der Waals surface area contributed by atoms with Crippen LogP contribution >= 0.6 is 11.3 Å². The Hall–Kier alpha value is -2.65. The second-order valence-corrected chi connectivity index (χ2v) is 8.30. The van der Waals surface area contributed by atoms with Crippen LogP contribution in [0.3, 0.4) is 0 Å². The van der Waals surface area contributed by atoms with Gasteiger partial charge in [0.25, 0.3) is 0 Å². The number of aryl methyl sites for hydroxylation is 1. The fourth-order valence-electron chi connectivity index (χ4n) is 4.48. The highest BCUT2D eigenvalue weighted by molar-refractivity contribution is 7.10. The van der Waals surface area contributed by atoms with Crippen LogP contribution in [0.15, 0.2) is 84.8 Å². The minimum Gasteiger partial charge on any atom is -0.336 e. The SMILES string of the molecule is c1ccc(-c2csc(C3(Cn4ccnc4)CCCc4ccccc43)c2)cc1. The molecule has 2 aromatic carbocycles. The molecule has 0 saturated carbocycles. The van der Waals surface area contributed by atoms with Gasteiger partial charge in [0.05, 0.1) is 6.33 Å². The minimum absolute atomic E-state index is 0.0211. The van der Waals surface area contributed by atoms with Crippen LogP contribution in [0.5, 0.6) is 0 Å². The third-order valence-electron chi connectivity index (χ3n) is 5.77. The fraction of sp³-hybridized carbons (Fsp3) is 0.208. The zero-order chi connectivity index (χ0) is 18.1. The van der Waals surface area contributed by atoms with Crippen molar-refractivity contribution in [3.63, 3.8) is 0 Å². The van der Waals surface area contributed by atoms with Crippen molar-refractivity contribution in [2.75, 3.05) is 0 Å². The predicted molar refractivity (Wildman–Crippen MR) is 112 cm³/mol. The summed E-state index contributed by atoms with van der Waals surface area (Å²) in [4.78, 5) is 5.75. The van der Waals surface area contributed by atoms with Gasteiger partial charge in [0.1, 0.15) is 0 Å². The molecule has 0 bridgehead atoms. The lowest BCUT2D eigenvalue weighted by Crippen LogP contribution is -2.35. The average Bonchev–Trinajstić information content (AvgIpc) is 3.41. The van der Waals surface area contributed by atoms with Gasteiger partial charge in [-0.3, -0.25) is 0 Å². The van der Waals surface area contributed by atoms with Crippen LogP contribution in [-0.4, -0.2) is 9.55 Å². The van der Waals surface area contributed by atoms with Crippen LogP contribution in [0.1, 0.15) is 28.8 Å². The van der Waals surface area contributed by atoms with Gasteiger partial charge in [-0.05, 0) is 53.0 Å². The van der Waals surface area contributed by atoms with E-state index >= 15 is 0 Å². The molecule has 0 saturated heterocycles. The summed E-state index contributed by atoms with van der Waals surface area (Å²) in [5.74, 6) is 0. The summed E-state index contributed by atoms with van der Waals surface area (Å²) < 4.78 is 2.24. The predicted octanol–water partition coefficient (Wildman–Crippen LogP) is 5.93. The van der Waals surface area contributed by atoms with Crippen LogP contribution in [0.4, 0.5) is 0 Å². The van der Waals surface area contributed by atoms with Gasteiger partial charge >= 0.3 is 0 Å². The van der Waals surface area contributed by atoms with E-state index in [0.717, 1.165) is 6.54 Å². The van der Waals surface area contributed by atoms with Crippen molar-refractivity contribution in [3.8, 4) is 11.1 Å². The summed E-state index contributed by atoms with van der Waals surface area (Å²) in [7, 11) is 0. The number of hydrogen-bond donors (Lipinski definition) is 0. The third-order valence-corrected chi connectivity index (χ3v) is 6.91. The molecule has 0 amide bonds. The Bertz CT molecular complexity index is 1030. The van der Waals surface area contributed by atoms with Crippen LogP contribution in [-0.2, 0) is 18.4 Å². The Morgan fingerprint density at radius 3 is 2.70 bits per heavy atom. The quantitative estimate of drug-likeness (QED) is 0.435. The summed E-state index contributed by atoms with van der Waals surface area (Å²) >= 11 is 1.90.